The number of hydrogen-bond donors (Lipinski definition) is 2. The molecule has 1 saturated heterocycles. The summed E-state index contributed by atoms with van der Waals surface area (Å²) in [6.07, 6.45) is 1.75. The summed E-state index contributed by atoms with van der Waals surface area (Å²) in [5.74, 6) is -1.70. The number of halogens is 1. The highest BCUT2D eigenvalue weighted by molar-refractivity contribution is 7.89. The van der Waals surface area contributed by atoms with Gasteiger partial charge in [-0.15, -0.1) is 10.2 Å². The van der Waals surface area contributed by atoms with Crippen LogP contribution in [0.15, 0.2) is 33.7 Å². The van der Waals surface area contributed by atoms with Crippen LogP contribution in [0.5, 0.6) is 5.75 Å². The third-order valence-electron chi connectivity index (χ3n) is 6.52. The first-order valence-corrected chi connectivity index (χ1v) is 13.0. The van der Waals surface area contributed by atoms with Crippen molar-refractivity contribution in [1.29, 1.82) is 0 Å². The second-order valence-electron chi connectivity index (χ2n) is 9.17. The number of amides is 2. The lowest BCUT2D eigenvalue weighted by atomic mass is 9.93. The number of benzene rings is 1. The SMILES string of the molecule is Cc1nnc(C(=O)N2CC[C@@H]3COc4c(cn(C)c4C(=O)Nc4ccc(F)c(C)c4)S(=O)(=O)N[C@H]3C2)o1. The lowest BCUT2D eigenvalue weighted by Gasteiger charge is -2.39. The first kappa shape index (κ1) is 24.9. The smallest absolute Gasteiger partial charge is 0.311 e. The van der Waals surface area contributed by atoms with Crippen LogP contribution in [-0.4, -0.2) is 65.6 Å². The van der Waals surface area contributed by atoms with Gasteiger partial charge in [-0.3, -0.25) is 9.59 Å². The van der Waals surface area contributed by atoms with Crippen LogP contribution < -0.4 is 14.8 Å². The molecule has 5 rings (SSSR count). The Morgan fingerprint density at radius 2 is 2.03 bits per heavy atom. The molecule has 0 spiro atoms. The number of ether oxygens (including phenoxy) is 1. The van der Waals surface area contributed by atoms with Crippen molar-refractivity contribution in [3.05, 3.63) is 53.3 Å². The highest BCUT2D eigenvalue weighted by Gasteiger charge is 2.40. The van der Waals surface area contributed by atoms with Gasteiger partial charge in [0.1, 0.15) is 10.7 Å². The zero-order valence-corrected chi connectivity index (χ0v) is 21.1. The molecule has 2 atom stereocenters. The van der Waals surface area contributed by atoms with Crippen molar-refractivity contribution in [1.82, 2.24) is 24.4 Å². The van der Waals surface area contributed by atoms with Gasteiger partial charge >= 0.3 is 11.8 Å². The molecule has 1 fully saturated rings. The largest absolute Gasteiger partial charge is 0.489 e. The van der Waals surface area contributed by atoms with E-state index in [2.05, 4.69) is 20.2 Å². The number of carbonyl (C=O) groups excluding carboxylic acids is 2. The molecule has 0 bridgehead atoms. The van der Waals surface area contributed by atoms with E-state index in [0.29, 0.717) is 24.2 Å². The summed E-state index contributed by atoms with van der Waals surface area (Å²) < 4.78 is 55.6. The molecule has 196 valence electrons. The maximum absolute atomic E-state index is 13.6. The summed E-state index contributed by atoms with van der Waals surface area (Å²) in [5, 5.41) is 10.1. The minimum absolute atomic E-state index is 0.0141. The number of anilines is 1. The van der Waals surface area contributed by atoms with Crippen molar-refractivity contribution in [3.8, 4) is 5.75 Å². The van der Waals surface area contributed by atoms with Crippen molar-refractivity contribution in [2.45, 2.75) is 31.2 Å². The molecule has 3 aromatic rings. The number of sulfonamides is 1. The zero-order valence-electron chi connectivity index (χ0n) is 20.3. The van der Waals surface area contributed by atoms with Gasteiger partial charge in [-0.1, -0.05) is 0 Å². The normalized spacial score (nSPS) is 20.7. The fourth-order valence-corrected chi connectivity index (χ4v) is 6.06. The number of likely N-dealkylation sites (tertiary alicyclic amines) is 1. The molecule has 0 aliphatic carbocycles. The average Bonchev–Trinajstić information content (AvgIpc) is 3.42. The van der Waals surface area contributed by atoms with Gasteiger partial charge in [0.15, 0.2) is 11.4 Å². The second kappa shape index (κ2) is 9.27. The van der Waals surface area contributed by atoms with Gasteiger partial charge in [0.2, 0.25) is 15.9 Å². The summed E-state index contributed by atoms with van der Waals surface area (Å²) in [7, 11) is -2.58. The van der Waals surface area contributed by atoms with Gasteiger partial charge in [0.05, 0.1) is 6.61 Å². The Labute approximate surface area is 211 Å². The molecule has 0 radical (unpaired) electrons. The van der Waals surface area contributed by atoms with Gasteiger partial charge in [-0.2, -0.15) is 0 Å². The fraction of sp³-hybridized carbons (Fsp3) is 0.391. The maximum Gasteiger partial charge on any atom is 0.311 e. The Bertz CT molecular complexity index is 1500. The Hall–Kier alpha value is -3.78. The highest BCUT2D eigenvalue weighted by atomic mass is 32.2. The Kier molecular flexibility index (Phi) is 6.23. The van der Waals surface area contributed by atoms with Gasteiger partial charge in [0.25, 0.3) is 5.91 Å². The molecule has 1 aromatic carbocycles. The minimum Gasteiger partial charge on any atom is -0.489 e. The molecule has 4 heterocycles. The summed E-state index contributed by atoms with van der Waals surface area (Å²) in [6.45, 7) is 3.70. The lowest BCUT2D eigenvalue weighted by molar-refractivity contribution is 0.0562. The monoisotopic (exact) mass is 532 g/mol. The van der Waals surface area contributed by atoms with E-state index in [1.54, 1.807) is 13.8 Å². The quantitative estimate of drug-likeness (QED) is 0.517. The van der Waals surface area contributed by atoms with Crippen LogP contribution in [0, 0.1) is 25.6 Å². The van der Waals surface area contributed by atoms with Crippen molar-refractivity contribution >= 4 is 27.5 Å². The number of nitrogens with zero attached hydrogens (tertiary/aromatic N) is 4. The van der Waals surface area contributed by atoms with E-state index in [-0.39, 0.29) is 47.2 Å². The number of nitrogens with one attached hydrogen (secondary N) is 2. The van der Waals surface area contributed by atoms with Crippen LogP contribution in [0.4, 0.5) is 10.1 Å². The van der Waals surface area contributed by atoms with E-state index in [4.69, 9.17) is 9.15 Å². The van der Waals surface area contributed by atoms with Crippen LogP contribution in [0.2, 0.25) is 0 Å². The molecule has 14 heteroatoms. The fourth-order valence-electron chi connectivity index (χ4n) is 4.57. The Morgan fingerprint density at radius 1 is 1.24 bits per heavy atom. The minimum atomic E-state index is -4.12. The molecular weight excluding hydrogens is 507 g/mol. The molecule has 2 amide bonds. The van der Waals surface area contributed by atoms with Gasteiger partial charge in [0, 0.05) is 50.9 Å². The molecule has 0 saturated carbocycles. The summed E-state index contributed by atoms with van der Waals surface area (Å²) in [4.78, 5) is 27.2. The van der Waals surface area contributed by atoms with E-state index in [0.717, 1.165) is 0 Å². The van der Waals surface area contributed by atoms with E-state index >= 15 is 0 Å². The molecule has 2 aromatic heterocycles. The number of fused-ring (bicyclic) bond motifs is 2. The Balaban J connectivity index is 1.40. The van der Waals surface area contributed by atoms with Gasteiger partial charge in [-0.05, 0) is 37.1 Å². The average molecular weight is 533 g/mol. The van der Waals surface area contributed by atoms with E-state index in [1.807, 2.05) is 0 Å². The van der Waals surface area contributed by atoms with Crippen LogP contribution in [0.1, 0.15) is 39.0 Å². The maximum atomic E-state index is 13.6. The number of aromatic nitrogens is 3. The van der Waals surface area contributed by atoms with Crippen LogP contribution in [0.3, 0.4) is 0 Å². The highest BCUT2D eigenvalue weighted by Crippen LogP contribution is 2.35. The standard InChI is InChI=1S/C23H25FN6O6S/c1-12-8-15(4-5-16(12)24)25-21(31)19-20-18(10-29(19)3)37(33,34)28-17-9-30(7-6-14(17)11-35-20)23(32)22-27-26-13(2)36-22/h4-5,8,10,14,17,28H,6-7,9,11H2,1-3H3,(H,25,31)/t14-,17+/m1/s1. The number of rotatable bonds is 3. The van der Waals surface area contributed by atoms with Gasteiger partial charge < -0.3 is 23.9 Å². The predicted octanol–water partition coefficient (Wildman–Crippen LogP) is 1.62. The van der Waals surface area contributed by atoms with Crippen molar-refractivity contribution in [2.24, 2.45) is 13.0 Å². The van der Waals surface area contributed by atoms with Crippen molar-refractivity contribution in [3.63, 3.8) is 0 Å². The van der Waals surface area contributed by atoms with Crippen LogP contribution in [0.25, 0.3) is 0 Å². The summed E-state index contributed by atoms with van der Waals surface area (Å²) in [5.41, 5.74) is 0.729. The van der Waals surface area contributed by atoms with E-state index < -0.39 is 33.7 Å². The molecule has 0 unspecified atom stereocenters. The van der Waals surface area contributed by atoms with Gasteiger partial charge in [-0.25, -0.2) is 17.5 Å². The Morgan fingerprint density at radius 3 is 2.73 bits per heavy atom. The third-order valence-corrected chi connectivity index (χ3v) is 8.01. The number of piperidine rings is 1. The summed E-state index contributed by atoms with van der Waals surface area (Å²) >= 11 is 0. The molecule has 2 aliphatic heterocycles. The number of hydrogen-bond acceptors (Lipinski definition) is 8. The van der Waals surface area contributed by atoms with Crippen LogP contribution >= 0.6 is 0 Å². The van der Waals surface area contributed by atoms with Crippen molar-refractivity contribution < 1.29 is 31.6 Å². The second-order valence-corrected chi connectivity index (χ2v) is 10.8. The number of aryl methyl sites for hydroxylation is 3. The first-order valence-electron chi connectivity index (χ1n) is 11.5. The molecule has 2 aliphatic rings. The van der Waals surface area contributed by atoms with E-state index in [1.165, 1.54) is 40.9 Å². The van der Waals surface area contributed by atoms with E-state index in [9.17, 15) is 22.4 Å². The molecule has 12 nitrogen and oxygen atoms in total. The van der Waals surface area contributed by atoms with Crippen LogP contribution in [-0.2, 0) is 17.1 Å². The lowest BCUT2D eigenvalue weighted by Crippen LogP contribution is -2.56. The molecular formula is C23H25FN6O6S. The molecule has 2 N–H and O–H groups in total. The first-order chi connectivity index (χ1) is 17.5. The summed E-state index contributed by atoms with van der Waals surface area (Å²) in [6, 6.07) is 3.51. The predicted molar refractivity (Wildman–Crippen MR) is 127 cm³/mol. The topological polar surface area (TPSA) is 149 Å². The third kappa shape index (κ3) is 4.69. The zero-order chi connectivity index (χ0) is 26.5. The number of carbonyl (C=O) groups is 2. The van der Waals surface area contributed by atoms with Crippen molar-refractivity contribution in [2.75, 3.05) is 25.0 Å². The molecule has 37 heavy (non-hydrogen) atoms.